The quantitative estimate of drug-likeness (QED) is 0.773. The maximum Gasteiger partial charge on any atom is 0.220 e. The Labute approximate surface area is 125 Å². The monoisotopic (exact) mass is 288 g/mol. The molecule has 0 aromatic heterocycles. The Balaban J connectivity index is 1.53. The number of amides is 1. The summed E-state index contributed by atoms with van der Waals surface area (Å²) in [6, 6.07) is 10.6. The predicted octanol–water partition coefficient (Wildman–Crippen LogP) is 1.76. The molecule has 4 nitrogen and oxygen atoms in total. The molecule has 1 aromatic rings. The van der Waals surface area contributed by atoms with E-state index in [9.17, 15) is 9.90 Å². The molecule has 0 saturated carbocycles. The van der Waals surface area contributed by atoms with Crippen molar-refractivity contribution in [3.05, 3.63) is 35.9 Å². The molecule has 0 spiro atoms. The van der Waals surface area contributed by atoms with Gasteiger partial charge in [0.15, 0.2) is 0 Å². The van der Waals surface area contributed by atoms with E-state index in [1.54, 1.807) is 0 Å². The lowest BCUT2D eigenvalue weighted by Crippen LogP contribution is -2.40. The standard InChI is InChI=1S/C17H24N2O2/c20-11-16(13-4-2-1-3-5-13)19-17(21)10-12-8-14-6-7-15(9-12)18-14/h1-5,12,14-16,18,20H,6-11H2,(H,19,21)/t12?,14?,15?,16-/m1/s1. The second-order valence-electron chi connectivity index (χ2n) is 6.39. The van der Waals surface area contributed by atoms with E-state index in [2.05, 4.69) is 10.6 Å². The smallest absolute Gasteiger partial charge is 0.220 e. The van der Waals surface area contributed by atoms with Crippen LogP contribution in [0.2, 0.25) is 0 Å². The third-order valence-electron chi connectivity index (χ3n) is 4.76. The molecule has 2 bridgehead atoms. The Kier molecular flexibility index (Phi) is 4.56. The molecule has 0 radical (unpaired) electrons. The topological polar surface area (TPSA) is 61.4 Å². The first-order chi connectivity index (χ1) is 10.2. The maximum absolute atomic E-state index is 12.2. The molecule has 3 atom stereocenters. The number of benzene rings is 1. The fourth-order valence-electron chi connectivity index (χ4n) is 3.78. The summed E-state index contributed by atoms with van der Waals surface area (Å²) in [6.07, 6.45) is 5.31. The van der Waals surface area contributed by atoms with Gasteiger partial charge in [0, 0.05) is 18.5 Å². The first-order valence-corrected chi connectivity index (χ1v) is 7.96. The van der Waals surface area contributed by atoms with Gasteiger partial charge in [0.25, 0.3) is 0 Å². The van der Waals surface area contributed by atoms with Crippen LogP contribution in [0, 0.1) is 5.92 Å². The molecule has 2 aliphatic rings. The highest BCUT2D eigenvalue weighted by molar-refractivity contribution is 5.76. The zero-order chi connectivity index (χ0) is 14.7. The number of rotatable bonds is 5. The van der Waals surface area contributed by atoms with E-state index in [1.807, 2.05) is 30.3 Å². The molecule has 3 N–H and O–H groups in total. The largest absolute Gasteiger partial charge is 0.394 e. The van der Waals surface area contributed by atoms with Crippen molar-refractivity contribution < 1.29 is 9.90 Å². The van der Waals surface area contributed by atoms with Crippen LogP contribution >= 0.6 is 0 Å². The Hall–Kier alpha value is -1.39. The average Bonchev–Trinajstić information content (AvgIpc) is 2.84. The number of aliphatic hydroxyl groups excluding tert-OH is 1. The third kappa shape index (κ3) is 3.63. The molecule has 1 amide bonds. The predicted molar refractivity (Wildman–Crippen MR) is 81.7 cm³/mol. The van der Waals surface area contributed by atoms with Crippen molar-refractivity contribution in [3.8, 4) is 0 Å². The zero-order valence-electron chi connectivity index (χ0n) is 12.3. The summed E-state index contributed by atoms with van der Waals surface area (Å²) < 4.78 is 0. The molecule has 2 unspecified atom stereocenters. The van der Waals surface area contributed by atoms with E-state index in [4.69, 9.17) is 0 Å². The molecule has 2 aliphatic heterocycles. The highest BCUT2D eigenvalue weighted by atomic mass is 16.3. The Morgan fingerprint density at radius 1 is 1.24 bits per heavy atom. The number of carbonyl (C=O) groups excluding carboxylic acids is 1. The number of aliphatic hydroxyl groups is 1. The Morgan fingerprint density at radius 3 is 2.52 bits per heavy atom. The summed E-state index contributed by atoms with van der Waals surface area (Å²) in [5.41, 5.74) is 0.957. The van der Waals surface area contributed by atoms with Crippen molar-refractivity contribution >= 4 is 5.91 Å². The number of fused-ring (bicyclic) bond motifs is 2. The molecule has 3 rings (SSSR count). The van der Waals surface area contributed by atoms with E-state index in [1.165, 1.54) is 12.8 Å². The van der Waals surface area contributed by atoms with Gasteiger partial charge in [-0.1, -0.05) is 30.3 Å². The summed E-state index contributed by atoms with van der Waals surface area (Å²) in [4.78, 5) is 12.2. The molecule has 1 aromatic carbocycles. The first kappa shape index (κ1) is 14.5. The van der Waals surface area contributed by atoms with Gasteiger partial charge in [-0.05, 0) is 37.2 Å². The van der Waals surface area contributed by atoms with E-state index in [0.29, 0.717) is 24.4 Å². The normalized spacial score (nSPS) is 29.1. The van der Waals surface area contributed by atoms with E-state index in [-0.39, 0.29) is 18.6 Å². The van der Waals surface area contributed by atoms with Gasteiger partial charge in [-0.15, -0.1) is 0 Å². The van der Waals surface area contributed by atoms with Crippen molar-refractivity contribution in [2.24, 2.45) is 5.92 Å². The van der Waals surface area contributed by atoms with Gasteiger partial charge in [-0.3, -0.25) is 4.79 Å². The van der Waals surface area contributed by atoms with Gasteiger partial charge in [0.2, 0.25) is 5.91 Å². The van der Waals surface area contributed by atoms with Crippen LogP contribution < -0.4 is 10.6 Å². The van der Waals surface area contributed by atoms with Gasteiger partial charge in [0.1, 0.15) is 0 Å². The Bertz CT molecular complexity index is 465. The minimum Gasteiger partial charge on any atom is -0.394 e. The molecule has 114 valence electrons. The minimum atomic E-state index is -0.294. The second kappa shape index (κ2) is 6.58. The van der Waals surface area contributed by atoms with Crippen LogP contribution in [0.1, 0.15) is 43.7 Å². The van der Waals surface area contributed by atoms with Crippen LogP contribution in [0.25, 0.3) is 0 Å². The Morgan fingerprint density at radius 2 is 1.90 bits per heavy atom. The summed E-state index contributed by atoms with van der Waals surface area (Å²) >= 11 is 0. The fraction of sp³-hybridized carbons (Fsp3) is 0.588. The van der Waals surface area contributed by atoms with E-state index < -0.39 is 0 Å². The summed E-state index contributed by atoms with van der Waals surface area (Å²) in [6.45, 7) is -0.0623. The minimum absolute atomic E-state index is 0.0594. The van der Waals surface area contributed by atoms with Gasteiger partial charge < -0.3 is 15.7 Å². The fourth-order valence-corrected chi connectivity index (χ4v) is 3.78. The molecule has 2 saturated heterocycles. The van der Waals surface area contributed by atoms with Crippen molar-refractivity contribution in [2.45, 2.75) is 50.2 Å². The molecule has 21 heavy (non-hydrogen) atoms. The highest BCUT2D eigenvalue weighted by Crippen LogP contribution is 2.32. The van der Waals surface area contributed by atoms with Crippen molar-refractivity contribution in [1.82, 2.24) is 10.6 Å². The van der Waals surface area contributed by atoms with Crippen LogP contribution in [-0.4, -0.2) is 29.7 Å². The lowest BCUT2D eigenvalue weighted by molar-refractivity contribution is -0.123. The second-order valence-corrected chi connectivity index (χ2v) is 6.39. The van der Waals surface area contributed by atoms with Crippen molar-refractivity contribution in [3.63, 3.8) is 0 Å². The summed E-state index contributed by atoms with van der Waals surface area (Å²) in [5, 5.41) is 16.1. The van der Waals surface area contributed by atoms with Gasteiger partial charge in [-0.25, -0.2) is 0 Å². The lowest BCUT2D eigenvalue weighted by atomic mass is 9.89. The van der Waals surface area contributed by atoms with Crippen molar-refractivity contribution in [1.29, 1.82) is 0 Å². The number of nitrogens with one attached hydrogen (secondary N) is 2. The maximum atomic E-state index is 12.2. The van der Waals surface area contributed by atoms with Crippen LogP contribution in [0.3, 0.4) is 0 Å². The molecular weight excluding hydrogens is 264 g/mol. The van der Waals surface area contributed by atoms with Gasteiger partial charge in [-0.2, -0.15) is 0 Å². The third-order valence-corrected chi connectivity index (χ3v) is 4.76. The van der Waals surface area contributed by atoms with Crippen LogP contribution in [0.5, 0.6) is 0 Å². The molecule has 2 heterocycles. The van der Waals surface area contributed by atoms with E-state index in [0.717, 1.165) is 18.4 Å². The van der Waals surface area contributed by atoms with E-state index >= 15 is 0 Å². The molecular formula is C17H24N2O2. The van der Waals surface area contributed by atoms with Crippen LogP contribution in [-0.2, 0) is 4.79 Å². The summed E-state index contributed by atoms with van der Waals surface area (Å²) in [5.74, 6) is 0.545. The van der Waals surface area contributed by atoms with Gasteiger partial charge in [0.05, 0.1) is 12.6 Å². The lowest BCUT2D eigenvalue weighted by Gasteiger charge is -2.29. The SMILES string of the molecule is O=C(CC1CC2CCC(C1)N2)N[C@H](CO)c1ccccc1. The molecule has 4 heteroatoms. The van der Waals surface area contributed by atoms with Crippen molar-refractivity contribution in [2.75, 3.05) is 6.61 Å². The average molecular weight is 288 g/mol. The molecule has 2 fully saturated rings. The molecule has 0 aliphatic carbocycles. The van der Waals surface area contributed by atoms with Crippen LogP contribution in [0.15, 0.2) is 30.3 Å². The van der Waals surface area contributed by atoms with Crippen LogP contribution in [0.4, 0.5) is 0 Å². The number of hydrogen-bond acceptors (Lipinski definition) is 3. The zero-order valence-corrected chi connectivity index (χ0v) is 12.3. The number of hydrogen-bond donors (Lipinski definition) is 3. The number of piperidine rings is 1. The highest BCUT2D eigenvalue weighted by Gasteiger charge is 2.34. The first-order valence-electron chi connectivity index (χ1n) is 7.96. The van der Waals surface area contributed by atoms with Gasteiger partial charge >= 0.3 is 0 Å². The number of carbonyl (C=O) groups is 1. The summed E-state index contributed by atoms with van der Waals surface area (Å²) in [7, 11) is 0.